The van der Waals surface area contributed by atoms with Crippen molar-refractivity contribution in [3.8, 4) is 23.0 Å². The zero-order chi connectivity index (χ0) is 66.2. The third-order valence-corrected chi connectivity index (χ3v) is 23.2. The maximum absolute atomic E-state index is 12.1. The van der Waals surface area contributed by atoms with Crippen molar-refractivity contribution in [3.05, 3.63) is 229 Å². The summed E-state index contributed by atoms with van der Waals surface area (Å²) in [5, 5.41) is 31.8. The fraction of sp³-hybridized carbons (Fsp3) is 0.324. The molecule has 2 fully saturated rings. The van der Waals surface area contributed by atoms with Gasteiger partial charge in [-0.15, -0.1) is 0 Å². The number of ether oxygens (including phenoxy) is 8. The van der Waals surface area contributed by atoms with Crippen LogP contribution in [0.2, 0.25) is 18.1 Å². The zero-order valence-corrected chi connectivity index (χ0v) is 55.4. The fourth-order valence-corrected chi connectivity index (χ4v) is 13.9. The molecule has 0 radical (unpaired) electrons. The van der Waals surface area contributed by atoms with Gasteiger partial charge in [-0.2, -0.15) is 10.2 Å². The van der Waals surface area contributed by atoms with E-state index in [1.807, 2.05) is 157 Å². The molecule has 6 aromatic carbocycles. The van der Waals surface area contributed by atoms with Crippen molar-refractivity contribution in [2.45, 2.75) is 100 Å². The van der Waals surface area contributed by atoms with E-state index in [-0.39, 0.29) is 24.2 Å². The van der Waals surface area contributed by atoms with Crippen molar-refractivity contribution < 1.29 is 52.5 Å². The van der Waals surface area contributed by atoms with Crippen LogP contribution in [0.5, 0.6) is 23.0 Å². The number of fused-ring (bicyclic) bond motifs is 6. The molecule has 8 heterocycles. The van der Waals surface area contributed by atoms with Gasteiger partial charge >= 0.3 is 0 Å². The summed E-state index contributed by atoms with van der Waals surface area (Å²) < 4.78 is 63.3. The molecule has 12 aromatic rings. The van der Waals surface area contributed by atoms with Crippen LogP contribution < -0.4 is 18.9 Å². The van der Waals surface area contributed by atoms with Crippen molar-refractivity contribution in [2.75, 3.05) is 41.7 Å². The highest BCUT2D eigenvalue weighted by Crippen LogP contribution is 2.47. The van der Waals surface area contributed by atoms with E-state index in [9.17, 15) is 10.2 Å². The average molecular weight is 1300 g/mol. The van der Waals surface area contributed by atoms with Gasteiger partial charge in [0.1, 0.15) is 90.2 Å². The first kappa shape index (κ1) is 64.2. The molecular formula is C71H76N12O11Si. The van der Waals surface area contributed by atoms with Crippen molar-refractivity contribution in [2.24, 2.45) is 5.92 Å². The van der Waals surface area contributed by atoms with Gasteiger partial charge in [-0.25, -0.2) is 38.9 Å². The van der Waals surface area contributed by atoms with Crippen molar-refractivity contribution >= 4 is 41.9 Å². The Hall–Kier alpha value is -9.50. The Morgan fingerprint density at radius 1 is 0.442 bits per heavy atom. The van der Waals surface area contributed by atoms with E-state index < -0.39 is 62.5 Å². The van der Waals surface area contributed by atoms with E-state index in [0.717, 1.165) is 56.4 Å². The van der Waals surface area contributed by atoms with E-state index in [0.29, 0.717) is 33.6 Å². The van der Waals surface area contributed by atoms with Gasteiger partial charge < -0.3 is 52.5 Å². The number of aliphatic hydroxyl groups is 2. The first-order chi connectivity index (χ1) is 46.0. The summed E-state index contributed by atoms with van der Waals surface area (Å²) >= 11 is 0. The Morgan fingerprint density at radius 2 is 0.811 bits per heavy atom. The van der Waals surface area contributed by atoms with E-state index in [2.05, 4.69) is 86.1 Å². The summed E-state index contributed by atoms with van der Waals surface area (Å²) in [4.78, 5) is 27.0. The first-order valence-electron chi connectivity index (χ1n) is 31.3. The Balaban J connectivity index is 0.000000174. The number of rotatable bonds is 20. The molecule has 2 saturated heterocycles. The molecule has 2 aliphatic heterocycles. The second-order valence-corrected chi connectivity index (χ2v) is 29.9. The van der Waals surface area contributed by atoms with Crippen LogP contribution in [0, 0.1) is 5.92 Å². The minimum Gasteiger partial charge on any atom is -0.497 e. The SMILES string of the molecule is COc1ccc(C(OC[C@H]2O[C@@H](n3cnc4c3ncn3ncnc43)[C@H](C)[C@@H]2O)(c2ccccc2)c2ccc(OC)cc2)cc1.COc1ccc(C(OC[C@H]2O[C@@H](n3cnc4c3ncn3ncnc43)[C@H](O)[C@@H]2O[Si](C)(C)C(C)(C)C)(c2ccccc2)c2ccc(OC)cc2)cc1. The van der Waals surface area contributed by atoms with Gasteiger partial charge in [0.05, 0.1) is 60.4 Å². The number of imidazole rings is 2. The summed E-state index contributed by atoms with van der Waals surface area (Å²) in [7, 11) is 4.16. The highest BCUT2D eigenvalue weighted by atomic mass is 28.4. The summed E-state index contributed by atoms with van der Waals surface area (Å²) in [5.74, 6) is 2.66. The van der Waals surface area contributed by atoms with Gasteiger partial charge in [0.2, 0.25) is 0 Å². The fourth-order valence-electron chi connectivity index (χ4n) is 12.5. The molecule has 0 unspecified atom stereocenters. The minimum absolute atomic E-state index is 0.0777. The number of benzene rings is 6. The van der Waals surface area contributed by atoms with Crippen molar-refractivity contribution in [3.63, 3.8) is 0 Å². The molecule has 6 aromatic heterocycles. The van der Waals surface area contributed by atoms with Crippen LogP contribution in [0.1, 0.15) is 73.5 Å². The third-order valence-electron chi connectivity index (χ3n) is 18.7. The molecule has 2 N–H and O–H groups in total. The molecule has 23 nitrogen and oxygen atoms in total. The number of aromatic nitrogens is 12. The maximum Gasteiger partial charge on any atom is 0.192 e. The van der Waals surface area contributed by atoms with Gasteiger partial charge in [0.15, 0.2) is 48.2 Å². The topological polar surface area (TPSA) is 245 Å². The molecule has 8 atom stereocenters. The maximum atomic E-state index is 12.1. The predicted octanol–water partition coefficient (Wildman–Crippen LogP) is 10.5. The molecule has 0 aliphatic carbocycles. The van der Waals surface area contributed by atoms with Gasteiger partial charge in [0, 0.05) is 5.92 Å². The molecule has 0 saturated carbocycles. The molecule has 14 rings (SSSR count). The normalized spacial score (nSPS) is 20.1. The Kier molecular flexibility index (Phi) is 17.8. The molecule has 0 spiro atoms. The number of methoxy groups -OCH3 is 4. The zero-order valence-electron chi connectivity index (χ0n) is 54.4. The van der Waals surface area contributed by atoms with Gasteiger partial charge in [-0.3, -0.25) is 9.13 Å². The summed E-state index contributed by atoms with van der Waals surface area (Å²) in [6.07, 6.45) is 4.11. The highest BCUT2D eigenvalue weighted by molar-refractivity contribution is 6.74. The number of hydrogen-bond acceptors (Lipinski definition) is 19. The van der Waals surface area contributed by atoms with Gasteiger partial charge in [-0.05, 0) is 100 Å². The summed E-state index contributed by atoms with van der Waals surface area (Å²) in [6, 6.07) is 51.6. The summed E-state index contributed by atoms with van der Waals surface area (Å²) in [5.41, 5.74) is 6.73. The predicted molar refractivity (Wildman–Crippen MR) is 356 cm³/mol. The molecule has 95 heavy (non-hydrogen) atoms. The van der Waals surface area contributed by atoms with Crippen molar-refractivity contribution in [1.82, 2.24) is 58.3 Å². The number of hydrogen-bond donors (Lipinski definition) is 2. The lowest BCUT2D eigenvalue weighted by molar-refractivity contribution is -0.0934. The van der Waals surface area contributed by atoms with E-state index in [1.165, 1.54) is 12.7 Å². The second-order valence-electron chi connectivity index (χ2n) is 25.1. The average Bonchev–Trinajstić information content (AvgIpc) is 1.44. The Morgan fingerprint density at radius 3 is 1.20 bits per heavy atom. The van der Waals surface area contributed by atoms with E-state index in [1.54, 1.807) is 67.3 Å². The standard InChI is InChI=1S/C38H44N6O6Si.C33H32N6O5/c1-37(2,3)51(6,7)50-33-30(49-36(32(33)45)43-23-40-31-34(43)41-24-44-35(31)39-22-42-44)21-48-38(25-11-9-8-10-12-25,26-13-17-28(46-4)18-14-26)27-15-19-29(47-5)20-16-27;1-21-29(40)27(44-32(21)38-19-35-28-30(38)36-20-39-31(28)34-18-37-39)17-43-33(22-7-5-4-6-8-22,23-9-13-25(41-2)14-10-23)24-11-15-26(42-3)16-12-24/h8-20,22-24,30,32-33,36,45H,21H2,1-7H3;4-16,18-21,27,29,32,40H,17H2,1-3H3/t30-,32-,33-,36-;21-,27-,29+,32-/m11/s1. The minimum atomic E-state index is -2.42. The molecule has 0 amide bonds. The largest absolute Gasteiger partial charge is 0.497 e. The molecule has 490 valence electrons. The van der Waals surface area contributed by atoms with Crippen LogP contribution in [-0.4, -0.2) is 149 Å². The van der Waals surface area contributed by atoms with Crippen LogP contribution in [0.3, 0.4) is 0 Å². The summed E-state index contributed by atoms with van der Waals surface area (Å²) in [6.45, 7) is 13.0. The van der Waals surface area contributed by atoms with Crippen LogP contribution in [-0.2, 0) is 34.6 Å². The first-order valence-corrected chi connectivity index (χ1v) is 34.2. The van der Waals surface area contributed by atoms with E-state index >= 15 is 0 Å². The quantitative estimate of drug-likeness (QED) is 0.0532. The Bertz CT molecular complexity index is 4450. The number of nitrogens with zero attached hydrogens (tertiary/aromatic N) is 12. The van der Waals surface area contributed by atoms with Crippen LogP contribution in [0.15, 0.2) is 196 Å². The van der Waals surface area contributed by atoms with Gasteiger partial charge in [-0.1, -0.05) is 137 Å². The monoisotopic (exact) mass is 1300 g/mol. The molecule has 0 bridgehead atoms. The highest BCUT2D eigenvalue weighted by Gasteiger charge is 2.52. The van der Waals surface area contributed by atoms with Crippen LogP contribution >= 0.6 is 0 Å². The molecular weight excluding hydrogens is 1220 g/mol. The van der Waals surface area contributed by atoms with E-state index in [4.69, 9.17) is 42.3 Å². The lowest BCUT2D eigenvalue weighted by Gasteiger charge is -2.41. The Labute approximate surface area is 549 Å². The molecule has 24 heteroatoms. The smallest absolute Gasteiger partial charge is 0.192 e. The van der Waals surface area contributed by atoms with Crippen LogP contribution in [0.4, 0.5) is 0 Å². The molecule has 2 aliphatic rings. The van der Waals surface area contributed by atoms with Crippen LogP contribution in [0.25, 0.3) is 33.6 Å². The number of aliphatic hydroxyl groups excluding tert-OH is 2. The third kappa shape index (κ3) is 11.8. The lowest BCUT2D eigenvalue weighted by atomic mass is 9.80. The lowest BCUT2D eigenvalue weighted by Crippen LogP contribution is -2.50. The van der Waals surface area contributed by atoms with Crippen molar-refractivity contribution in [1.29, 1.82) is 0 Å². The second kappa shape index (κ2) is 26.4. The van der Waals surface area contributed by atoms with Gasteiger partial charge in [0.25, 0.3) is 0 Å².